The van der Waals surface area contributed by atoms with Gasteiger partial charge >= 0.3 is 0 Å². The van der Waals surface area contributed by atoms with E-state index in [1.807, 2.05) is 12.1 Å². The summed E-state index contributed by atoms with van der Waals surface area (Å²) in [6.07, 6.45) is 4.46. The van der Waals surface area contributed by atoms with Crippen molar-refractivity contribution in [2.45, 2.75) is 26.7 Å². The van der Waals surface area contributed by atoms with Gasteiger partial charge in [-0.15, -0.1) is 0 Å². The second-order valence-corrected chi connectivity index (χ2v) is 5.27. The first kappa shape index (κ1) is 14.7. The topological polar surface area (TPSA) is 12.0 Å². The van der Waals surface area contributed by atoms with Crippen LogP contribution in [0.25, 0.3) is 6.08 Å². The number of hydrogen-bond acceptors (Lipinski definition) is 1. The van der Waals surface area contributed by atoms with E-state index in [9.17, 15) is 0 Å². The Balaban J connectivity index is 2.72. The van der Waals surface area contributed by atoms with Gasteiger partial charge in [-0.25, -0.2) is 0 Å². The quantitative estimate of drug-likeness (QED) is 0.736. The highest BCUT2D eigenvalue weighted by Crippen LogP contribution is 2.24. The molecular weight excluding hydrogens is 298 g/mol. The first-order valence-corrected chi connectivity index (χ1v) is 7.19. The molecule has 0 heterocycles. The highest BCUT2D eigenvalue weighted by Gasteiger charge is 1.99. The number of nitrogens with one attached hydrogen (secondary N) is 1. The molecule has 0 amide bonds. The lowest BCUT2D eigenvalue weighted by atomic mass is 10.1. The molecule has 0 radical (unpaired) electrons. The van der Waals surface area contributed by atoms with Crippen LogP contribution in [0.2, 0.25) is 5.02 Å². The summed E-state index contributed by atoms with van der Waals surface area (Å²) < 4.78 is 0.949. The molecular formula is C14H19BrClN. The van der Waals surface area contributed by atoms with Crippen LogP contribution in [0, 0.1) is 0 Å². The molecule has 0 spiro atoms. The summed E-state index contributed by atoms with van der Waals surface area (Å²) in [5, 5.41) is 4.18. The van der Waals surface area contributed by atoms with Gasteiger partial charge in [0.05, 0.1) is 5.02 Å². The van der Waals surface area contributed by atoms with E-state index >= 15 is 0 Å². The number of benzene rings is 1. The molecule has 0 bridgehead atoms. The van der Waals surface area contributed by atoms with Gasteiger partial charge in [0.2, 0.25) is 0 Å². The minimum Gasteiger partial charge on any atom is -0.313 e. The standard InChI is InChI=1S/C14H19BrClN/c1-3-7-17-10-11(4-2)8-12-5-6-14(16)13(15)9-12/h5-6,8-9,17H,3-4,7,10H2,1-2H3/b11-8+. The zero-order valence-electron chi connectivity index (χ0n) is 10.4. The largest absolute Gasteiger partial charge is 0.313 e. The van der Waals surface area contributed by atoms with E-state index in [1.54, 1.807) is 0 Å². The predicted molar refractivity (Wildman–Crippen MR) is 80.6 cm³/mol. The van der Waals surface area contributed by atoms with Crippen molar-refractivity contribution >= 4 is 33.6 Å². The molecule has 0 unspecified atom stereocenters. The summed E-state index contributed by atoms with van der Waals surface area (Å²) in [4.78, 5) is 0. The first-order valence-electron chi connectivity index (χ1n) is 6.02. The van der Waals surface area contributed by atoms with Crippen LogP contribution < -0.4 is 5.32 Å². The van der Waals surface area contributed by atoms with E-state index in [-0.39, 0.29) is 0 Å². The molecule has 1 aromatic carbocycles. The maximum atomic E-state index is 5.97. The van der Waals surface area contributed by atoms with Crippen LogP contribution in [-0.2, 0) is 0 Å². The minimum atomic E-state index is 0.754. The average Bonchev–Trinajstić information content (AvgIpc) is 2.32. The van der Waals surface area contributed by atoms with Crippen LogP contribution in [0.15, 0.2) is 28.2 Å². The third kappa shape index (κ3) is 5.24. The van der Waals surface area contributed by atoms with E-state index in [0.717, 1.165) is 29.0 Å². The monoisotopic (exact) mass is 315 g/mol. The second-order valence-electron chi connectivity index (χ2n) is 4.01. The molecule has 0 aliphatic rings. The van der Waals surface area contributed by atoms with Gasteiger partial charge in [-0.2, -0.15) is 0 Å². The maximum absolute atomic E-state index is 5.97. The molecule has 0 saturated heterocycles. The van der Waals surface area contributed by atoms with Crippen molar-refractivity contribution in [2.24, 2.45) is 0 Å². The SMILES string of the molecule is CCCNC/C(=C/c1ccc(Cl)c(Br)c1)CC. The highest BCUT2D eigenvalue weighted by atomic mass is 79.9. The lowest BCUT2D eigenvalue weighted by molar-refractivity contribution is 0.706. The fraction of sp³-hybridized carbons (Fsp3) is 0.429. The van der Waals surface area contributed by atoms with Crippen LogP contribution >= 0.6 is 27.5 Å². The lowest BCUT2D eigenvalue weighted by Crippen LogP contribution is -2.17. The zero-order chi connectivity index (χ0) is 12.7. The van der Waals surface area contributed by atoms with Crippen LogP contribution in [-0.4, -0.2) is 13.1 Å². The van der Waals surface area contributed by atoms with Crippen molar-refractivity contribution in [3.8, 4) is 0 Å². The molecule has 1 nitrogen and oxygen atoms in total. The predicted octanol–water partition coefficient (Wildman–Crippen LogP) is 4.90. The molecule has 0 aromatic heterocycles. The molecule has 0 saturated carbocycles. The van der Waals surface area contributed by atoms with E-state index in [2.05, 4.69) is 47.2 Å². The van der Waals surface area contributed by atoms with Gasteiger partial charge in [-0.05, 0) is 53.0 Å². The molecule has 0 atom stereocenters. The Morgan fingerprint density at radius 1 is 1.41 bits per heavy atom. The Morgan fingerprint density at radius 2 is 2.18 bits per heavy atom. The smallest absolute Gasteiger partial charge is 0.0548 e. The zero-order valence-corrected chi connectivity index (χ0v) is 12.7. The average molecular weight is 317 g/mol. The van der Waals surface area contributed by atoms with Gasteiger partial charge in [0, 0.05) is 11.0 Å². The Bertz CT molecular complexity index is 388. The molecule has 1 rings (SSSR count). The third-order valence-corrected chi connectivity index (χ3v) is 3.76. The van der Waals surface area contributed by atoms with Gasteiger partial charge < -0.3 is 5.32 Å². The van der Waals surface area contributed by atoms with E-state index in [0.29, 0.717) is 0 Å². The summed E-state index contributed by atoms with van der Waals surface area (Å²) in [7, 11) is 0. The normalized spacial score (nSPS) is 11.9. The first-order chi connectivity index (χ1) is 8.17. The maximum Gasteiger partial charge on any atom is 0.0548 e. The molecule has 1 aromatic rings. The number of halogens is 2. The van der Waals surface area contributed by atoms with Crippen molar-refractivity contribution in [1.82, 2.24) is 5.32 Å². The van der Waals surface area contributed by atoms with E-state index in [1.165, 1.54) is 17.6 Å². The Kier molecular flexibility index (Phi) is 6.86. The fourth-order valence-corrected chi connectivity index (χ4v) is 2.06. The number of hydrogen-bond donors (Lipinski definition) is 1. The van der Waals surface area contributed by atoms with Gasteiger partial charge in [-0.1, -0.05) is 43.2 Å². The van der Waals surface area contributed by atoms with Crippen molar-refractivity contribution < 1.29 is 0 Å². The molecule has 0 fully saturated rings. The van der Waals surface area contributed by atoms with Gasteiger partial charge in [0.1, 0.15) is 0 Å². The molecule has 17 heavy (non-hydrogen) atoms. The van der Waals surface area contributed by atoms with Crippen molar-refractivity contribution in [3.63, 3.8) is 0 Å². The summed E-state index contributed by atoms with van der Waals surface area (Å²) in [5.41, 5.74) is 2.60. The van der Waals surface area contributed by atoms with Gasteiger partial charge in [0.15, 0.2) is 0 Å². The Labute approximate surface area is 117 Å². The molecule has 0 aliphatic carbocycles. The van der Waals surface area contributed by atoms with Gasteiger partial charge in [0.25, 0.3) is 0 Å². The van der Waals surface area contributed by atoms with Crippen LogP contribution in [0.3, 0.4) is 0 Å². The third-order valence-electron chi connectivity index (χ3n) is 2.55. The summed E-state index contributed by atoms with van der Waals surface area (Å²) in [5.74, 6) is 0. The summed E-state index contributed by atoms with van der Waals surface area (Å²) in [6, 6.07) is 6.02. The Hall–Kier alpha value is -0.310. The summed E-state index contributed by atoms with van der Waals surface area (Å²) >= 11 is 9.42. The van der Waals surface area contributed by atoms with Gasteiger partial charge in [-0.3, -0.25) is 0 Å². The molecule has 94 valence electrons. The summed E-state index contributed by atoms with van der Waals surface area (Å²) in [6.45, 7) is 6.40. The molecule has 3 heteroatoms. The molecule has 1 N–H and O–H groups in total. The Morgan fingerprint density at radius 3 is 2.76 bits per heavy atom. The second kappa shape index (κ2) is 7.91. The number of rotatable bonds is 6. The highest BCUT2D eigenvalue weighted by molar-refractivity contribution is 9.10. The van der Waals surface area contributed by atoms with E-state index in [4.69, 9.17) is 11.6 Å². The fourth-order valence-electron chi connectivity index (χ4n) is 1.54. The van der Waals surface area contributed by atoms with Crippen LogP contribution in [0.4, 0.5) is 0 Å². The lowest BCUT2D eigenvalue weighted by Gasteiger charge is -2.07. The molecule has 0 aliphatic heterocycles. The van der Waals surface area contributed by atoms with Crippen molar-refractivity contribution in [2.75, 3.05) is 13.1 Å². The minimum absolute atomic E-state index is 0.754. The van der Waals surface area contributed by atoms with Crippen LogP contribution in [0.5, 0.6) is 0 Å². The van der Waals surface area contributed by atoms with Crippen molar-refractivity contribution in [3.05, 3.63) is 38.8 Å². The van der Waals surface area contributed by atoms with Crippen molar-refractivity contribution in [1.29, 1.82) is 0 Å². The van der Waals surface area contributed by atoms with E-state index < -0.39 is 0 Å². The van der Waals surface area contributed by atoms with Crippen LogP contribution in [0.1, 0.15) is 32.3 Å².